The van der Waals surface area contributed by atoms with Crippen LogP contribution in [0.2, 0.25) is 0 Å². The second kappa shape index (κ2) is 9.35. The molecule has 3 nitrogen and oxygen atoms in total. The van der Waals surface area contributed by atoms with Gasteiger partial charge in [-0.25, -0.2) is 0 Å². The van der Waals surface area contributed by atoms with Crippen LogP contribution in [0.5, 0.6) is 0 Å². The van der Waals surface area contributed by atoms with Gasteiger partial charge in [-0.15, -0.1) is 0 Å². The number of hydrogen-bond acceptors (Lipinski definition) is 1. The summed E-state index contributed by atoms with van der Waals surface area (Å²) in [6, 6.07) is 46.4. The van der Waals surface area contributed by atoms with Gasteiger partial charge in [-0.2, -0.15) is 0 Å². The van der Waals surface area contributed by atoms with Crippen molar-refractivity contribution in [1.29, 1.82) is 0 Å². The first-order chi connectivity index (χ1) is 22.3. The Balaban J connectivity index is 1.21. The van der Waals surface area contributed by atoms with E-state index in [4.69, 9.17) is 4.42 Å². The molecule has 3 aromatic heterocycles. The monoisotopic (exact) mass is 576 g/mol. The van der Waals surface area contributed by atoms with Crippen LogP contribution in [0.1, 0.15) is 12.5 Å². The van der Waals surface area contributed by atoms with E-state index in [0.717, 1.165) is 28.7 Å². The van der Waals surface area contributed by atoms with Gasteiger partial charge in [0.25, 0.3) is 0 Å². The number of aromatic nitrogens is 2. The fourth-order valence-electron chi connectivity index (χ4n) is 7.75. The van der Waals surface area contributed by atoms with Gasteiger partial charge in [0.05, 0.1) is 22.6 Å². The summed E-state index contributed by atoms with van der Waals surface area (Å²) in [5.74, 6) is 0. The molecule has 212 valence electrons. The van der Waals surface area contributed by atoms with E-state index in [9.17, 15) is 0 Å². The number of rotatable bonds is 3. The van der Waals surface area contributed by atoms with Crippen molar-refractivity contribution >= 4 is 65.6 Å². The Hall–Kier alpha value is -5.80. The smallest absolute Gasteiger partial charge is 0.136 e. The Labute approximate surface area is 259 Å². The van der Waals surface area contributed by atoms with E-state index >= 15 is 0 Å². The second-order valence-corrected chi connectivity index (χ2v) is 12.0. The third-order valence-corrected chi connectivity index (χ3v) is 9.64. The van der Waals surface area contributed by atoms with Gasteiger partial charge < -0.3 is 13.6 Å². The highest BCUT2D eigenvalue weighted by molar-refractivity contribution is 6.28. The molecule has 0 saturated carbocycles. The van der Waals surface area contributed by atoms with Crippen molar-refractivity contribution in [2.45, 2.75) is 12.5 Å². The van der Waals surface area contributed by atoms with E-state index in [2.05, 4.69) is 149 Å². The van der Waals surface area contributed by atoms with Crippen molar-refractivity contribution in [3.8, 4) is 16.8 Å². The molecule has 0 spiro atoms. The maximum absolute atomic E-state index is 6.19. The molecule has 0 radical (unpaired) electrons. The predicted molar refractivity (Wildman–Crippen MR) is 188 cm³/mol. The molecule has 1 atom stereocenters. The number of allylic oxidation sites excluding steroid dienone is 4. The van der Waals surface area contributed by atoms with Crippen LogP contribution in [0.25, 0.3) is 82.4 Å². The average Bonchev–Trinajstić information content (AvgIpc) is 3.76. The zero-order valence-corrected chi connectivity index (χ0v) is 24.5. The third kappa shape index (κ3) is 3.46. The molecule has 1 aliphatic rings. The number of fused-ring (bicyclic) bond motifs is 10. The van der Waals surface area contributed by atoms with Gasteiger partial charge in [-0.1, -0.05) is 103 Å². The predicted octanol–water partition coefficient (Wildman–Crippen LogP) is 11.5. The molecule has 3 heteroatoms. The number of benzene rings is 6. The summed E-state index contributed by atoms with van der Waals surface area (Å²) in [6.07, 6.45) is 9.93. The van der Waals surface area contributed by atoms with Crippen LogP contribution in [-0.4, -0.2) is 9.13 Å². The molecule has 0 bridgehead atoms. The summed E-state index contributed by atoms with van der Waals surface area (Å²) in [5, 5.41) is 7.54. The molecular weight excluding hydrogens is 548 g/mol. The standard InChI is InChI=1S/C42H28N2O/c1-2-11-28(12-3-1)43-34-17-7-4-13-31(34)41-36(43)25-26-37-42(41)32-14-5-8-18-35(32)44(37)29-23-21-27(22-24-29)30-16-10-20-39-40(30)33-15-6-9-19-38(33)45-39/h1-11,13-26,28H,12H2. The zero-order valence-electron chi connectivity index (χ0n) is 24.5. The second-order valence-electron chi connectivity index (χ2n) is 12.0. The highest BCUT2D eigenvalue weighted by Crippen LogP contribution is 2.43. The quantitative estimate of drug-likeness (QED) is 0.205. The molecule has 10 rings (SSSR count). The highest BCUT2D eigenvalue weighted by atomic mass is 16.3. The minimum Gasteiger partial charge on any atom is -0.456 e. The van der Waals surface area contributed by atoms with Gasteiger partial charge >= 0.3 is 0 Å². The number of nitrogens with zero attached hydrogens (tertiary/aromatic N) is 2. The van der Waals surface area contributed by atoms with Crippen molar-refractivity contribution in [3.63, 3.8) is 0 Å². The lowest BCUT2D eigenvalue weighted by atomic mass is 9.99. The molecule has 0 fully saturated rings. The zero-order chi connectivity index (χ0) is 29.5. The van der Waals surface area contributed by atoms with Crippen molar-refractivity contribution in [1.82, 2.24) is 9.13 Å². The molecular formula is C42H28N2O. The minimum atomic E-state index is 0.299. The summed E-state index contributed by atoms with van der Waals surface area (Å²) in [6.45, 7) is 0. The lowest BCUT2D eigenvalue weighted by Gasteiger charge is -2.18. The van der Waals surface area contributed by atoms with E-state index in [1.165, 1.54) is 60.1 Å². The lowest BCUT2D eigenvalue weighted by molar-refractivity contribution is 0.648. The summed E-state index contributed by atoms with van der Waals surface area (Å²) < 4.78 is 11.1. The third-order valence-electron chi connectivity index (χ3n) is 9.64. The summed E-state index contributed by atoms with van der Waals surface area (Å²) in [7, 11) is 0. The Morgan fingerprint density at radius 2 is 1.20 bits per heavy atom. The molecule has 1 unspecified atom stereocenters. The number of hydrogen-bond donors (Lipinski definition) is 0. The van der Waals surface area contributed by atoms with Gasteiger partial charge in [0.15, 0.2) is 0 Å². The fourth-order valence-corrected chi connectivity index (χ4v) is 7.75. The normalized spacial score (nSPS) is 15.1. The first-order valence-corrected chi connectivity index (χ1v) is 15.6. The maximum Gasteiger partial charge on any atom is 0.136 e. The first kappa shape index (κ1) is 24.6. The first-order valence-electron chi connectivity index (χ1n) is 15.6. The highest BCUT2D eigenvalue weighted by Gasteiger charge is 2.22. The molecule has 0 amide bonds. The summed E-state index contributed by atoms with van der Waals surface area (Å²) >= 11 is 0. The van der Waals surface area contributed by atoms with E-state index in [0.29, 0.717) is 6.04 Å². The van der Waals surface area contributed by atoms with Crippen molar-refractivity contribution in [2.75, 3.05) is 0 Å². The molecule has 0 saturated heterocycles. The van der Waals surface area contributed by atoms with Crippen LogP contribution in [0.4, 0.5) is 0 Å². The Kier molecular flexibility index (Phi) is 5.11. The van der Waals surface area contributed by atoms with E-state index < -0.39 is 0 Å². The fraction of sp³-hybridized carbons (Fsp3) is 0.0476. The molecule has 45 heavy (non-hydrogen) atoms. The van der Waals surface area contributed by atoms with Gasteiger partial charge in [-0.3, -0.25) is 0 Å². The largest absolute Gasteiger partial charge is 0.456 e. The summed E-state index contributed by atoms with van der Waals surface area (Å²) in [5.41, 5.74) is 10.4. The van der Waals surface area contributed by atoms with Crippen molar-refractivity contribution in [2.24, 2.45) is 0 Å². The van der Waals surface area contributed by atoms with E-state index in [1.807, 2.05) is 12.1 Å². The SMILES string of the molecule is C1=CCC(n2c3ccccc3c3c4c5ccccc5n(-c5ccc(-c6cccc7oc8ccccc8c67)cc5)c4ccc32)C=C1. The van der Waals surface area contributed by atoms with Gasteiger partial charge in [-0.05, 0) is 66.1 Å². The molecule has 0 N–H and O–H groups in total. The topological polar surface area (TPSA) is 23.0 Å². The van der Waals surface area contributed by atoms with Crippen molar-refractivity contribution in [3.05, 3.63) is 152 Å². The lowest BCUT2D eigenvalue weighted by Crippen LogP contribution is -2.06. The van der Waals surface area contributed by atoms with Crippen LogP contribution in [-0.2, 0) is 0 Å². The van der Waals surface area contributed by atoms with Crippen LogP contribution >= 0.6 is 0 Å². The molecule has 1 aliphatic carbocycles. The van der Waals surface area contributed by atoms with Gasteiger partial charge in [0, 0.05) is 43.5 Å². The Bertz CT molecular complexity index is 2680. The maximum atomic E-state index is 6.19. The molecule has 9 aromatic rings. The van der Waals surface area contributed by atoms with Crippen LogP contribution in [0.3, 0.4) is 0 Å². The Morgan fingerprint density at radius 3 is 2.02 bits per heavy atom. The van der Waals surface area contributed by atoms with Crippen molar-refractivity contribution < 1.29 is 4.42 Å². The van der Waals surface area contributed by atoms with E-state index in [1.54, 1.807) is 0 Å². The molecule has 3 heterocycles. The minimum absolute atomic E-state index is 0.299. The number of furan rings is 1. The van der Waals surface area contributed by atoms with Gasteiger partial charge in [0.2, 0.25) is 0 Å². The van der Waals surface area contributed by atoms with Crippen LogP contribution < -0.4 is 0 Å². The number of para-hydroxylation sites is 3. The van der Waals surface area contributed by atoms with Gasteiger partial charge in [0.1, 0.15) is 11.2 Å². The van der Waals surface area contributed by atoms with E-state index in [-0.39, 0.29) is 0 Å². The average molecular weight is 577 g/mol. The summed E-state index contributed by atoms with van der Waals surface area (Å²) in [4.78, 5) is 0. The van der Waals surface area contributed by atoms with Crippen LogP contribution in [0, 0.1) is 0 Å². The van der Waals surface area contributed by atoms with Crippen LogP contribution in [0.15, 0.2) is 156 Å². The molecule has 0 aliphatic heterocycles. The Morgan fingerprint density at radius 1 is 0.511 bits per heavy atom. The molecule has 6 aromatic carbocycles.